The van der Waals surface area contributed by atoms with E-state index >= 15 is 0 Å². The lowest BCUT2D eigenvalue weighted by Crippen LogP contribution is -2.43. The molecule has 0 aliphatic carbocycles. The van der Waals surface area contributed by atoms with Gasteiger partial charge in [-0.3, -0.25) is 14.1 Å². The van der Waals surface area contributed by atoms with Crippen molar-refractivity contribution in [2.75, 3.05) is 38.2 Å². The number of pyridine rings is 2. The molecule has 0 bridgehead atoms. The summed E-state index contributed by atoms with van der Waals surface area (Å²) in [7, 11) is 3.06. The molecule has 1 fully saturated rings. The third kappa shape index (κ3) is 4.28. The van der Waals surface area contributed by atoms with Crippen molar-refractivity contribution in [3.63, 3.8) is 0 Å². The van der Waals surface area contributed by atoms with Gasteiger partial charge in [0.05, 0.1) is 41.1 Å². The summed E-state index contributed by atoms with van der Waals surface area (Å²) in [4.78, 5) is 24.2. The van der Waals surface area contributed by atoms with E-state index in [1.165, 1.54) is 31.0 Å². The van der Waals surface area contributed by atoms with Crippen LogP contribution >= 0.6 is 0 Å². The average Bonchev–Trinajstić information content (AvgIpc) is 3.22. The molecule has 200 valence electrons. The molecule has 6 rings (SSSR count). The molecule has 0 amide bonds. The maximum atomic E-state index is 14.5. The van der Waals surface area contributed by atoms with E-state index in [0.717, 1.165) is 21.8 Å². The Balaban J connectivity index is 1.60. The summed E-state index contributed by atoms with van der Waals surface area (Å²) in [6, 6.07) is 13.2. The molecule has 0 unspecified atom stereocenters. The first-order valence-electron chi connectivity index (χ1n) is 12.4. The van der Waals surface area contributed by atoms with Gasteiger partial charge in [0.1, 0.15) is 0 Å². The maximum absolute atomic E-state index is 14.5. The first-order valence-corrected chi connectivity index (χ1v) is 12.4. The molecule has 1 aliphatic rings. The predicted molar refractivity (Wildman–Crippen MR) is 144 cm³/mol. The highest BCUT2D eigenvalue weighted by molar-refractivity contribution is 6.04. The quantitative estimate of drug-likeness (QED) is 0.369. The number of ether oxygens (including phenoxy) is 1. The summed E-state index contributed by atoms with van der Waals surface area (Å²) in [6.07, 6.45) is -1.50. The molecule has 39 heavy (non-hydrogen) atoms. The van der Waals surface area contributed by atoms with Gasteiger partial charge in [-0.05, 0) is 42.0 Å². The number of imidazole rings is 1. The SMILES string of the molecule is COc1ccc(-c2ccc3ncc4c(c3c2)n(-c2ccc(N3CCNCC3)cc2C(F)(F)F)c(=O)n4C)cn1. The normalized spacial score (nSPS) is 14.3. The Morgan fingerprint density at radius 2 is 1.72 bits per heavy atom. The van der Waals surface area contributed by atoms with Gasteiger partial charge in [0.15, 0.2) is 0 Å². The zero-order valence-electron chi connectivity index (χ0n) is 21.3. The van der Waals surface area contributed by atoms with E-state index in [-0.39, 0.29) is 5.69 Å². The van der Waals surface area contributed by atoms with Crippen LogP contribution in [0, 0.1) is 0 Å². The van der Waals surface area contributed by atoms with E-state index in [1.807, 2.05) is 23.1 Å². The van der Waals surface area contributed by atoms with Crippen molar-refractivity contribution in [1.82, 2.24) is 24.4 Å². The van der Waals surface area contributed by atoms with Crippen molar-refractivity contribution >= 4 is 27.6 Å². The largest absolute Gasteiger partial charge is 0.481 e. The Kier molecular flexibility index (Phi) is 6.02. The third-order valence-electron chi connectivity index (χ3n) is 7.17. The van der Waals surface area contributed by atoms with Crippen molar-refractivity contribution in [3.8, 4) is 22.7 Å². The van der Waals surface area contributed by atoms with Gasteiger partial charge >= 0.3 is 11.9 Å². The topological polar surface area (TPSA) is 77.2 Å². The molecule has 4 heterocycles. The summed E-state index contributed by atoms with van der Waals surface area (Å²) in [6.45, 7) is 2.59. The molecule has 5 aromatic rings. The second kappa shape index (κ2) is 9.42. The molecule has 11 heteroatoms. The van der Waals surface area contributed by atoms with Gasteiger partial charge in [0, 0.05) is 62.1 Å². The summed E-state index contributed by atoms with van der Waals surface area (Å²) >= 11 is 0. The Hall–Kier alpha value is -4.38. The number of anilines is 1. The number of nitrogens with one attached hydrogen (secondary N) is 1. The fourth-order valence-electron chi connectivity index (χ4n) is 5.14. The van der Waals surface area contributed by atoms with Crippen LogP contribution in [-0.4, -0.2) is 52.4 Å². The highest BCUT2D eigenvalue weighted by atomic mass is 19.4. The van der Waals surface area contributed by atoms with Crippen molar-refractivity contribution in [3.05, 3.63) is 77.0 Å². The molecular weight excluding hydrogens is 509 g/mol. The first-order chi connectivity index (χ1) is 18.8. The van der Waals surface area contributed by atoms with Crippen molar-refractivity contribution in [2.24, 2.45) is 7.05 Å². The Bertz CT molecular complexity index is 1750. The molecule has 2 aromatic carbocycles. The van der Waals surface area contributed by atoms with E-state index in [0.29, 0.717) is 59.7 Å². The minimum absolute atomic E-state index is 0.221. The van der Waals surface area contributed by atoms with Crippen LogP contribution in [0.4, 0.5) is 18.9 Å². The van der Waals surface area contributed by atoms with Gasteiger partial charge in [-0.1, -0.05) is 6.07 Å². The number of nitrogens with zero attached hydrogens (tertiary/aromatic N) is 5. The lowest BCUT2D eigenvalue weighted by molar-refractivity contribution is -0.137. The smallest absolute Gasteiger partial charge is 0.418 e. The monoisotopic (exact) mass is 534 g/mol. The van der Waals surface area contributed by atoms with E-state index in [9.17, 15) is 18.0 Å². The van der Waals surface area contributed by atoms with Gasteiger partial charge in [-0.2, -0.15) is 13.2 Å². The number of methoxy groups -OCH3 is 1. The molecule has 0 saturated carbocycles. The van der Waals surface area contributed by atoms with Crippen LogP contribution in [0.3, 0.4) is 0 Å². The summed E-state index contributed by atoms with van der Waals surface area (Å²) in [5.74, 6) is 0.462. The van der Waals surface area contributed by atoms with Gasteiger partial charge in [-0.15, -0.1) is 0 Å². The lowest BCUT2D eigenvalue weighted by Gasteiger charge is -2.30. The fraction of sp³-hybridized carbons (Fsp3) is 0.250. The molecular formula is C28H25F3N6O2. The number of alkyl halides is 3. The molecule has 1 N–H and O–H groups in total. The van der Waals surface area contributed by atoms with Gasteiger partial charge < -0.3 is 15.0 Å². The number of hydrogen-bond donors (Lipinski definition) is 1. The van der Waals surface area contributed by atoms with Crippen LogP contribution in [-0.2, 0) is 13.2 Å². The first kappa shape index (κ1) is 24.9. The van der Waals surface area contributed by atoms with Gasteiger partial charge in [0.25, 0.3) is 0 Å². The fourth-order valence-corrected chi connectivity index (χ4v) is 5.14. The number of aryl methyl sites for hydroxylation is 1. The Labute approximate surface area is 221 Å². The van der Waals surface area contributed by atoms with Crippen LogP contribution in [0.5, 0.6) is 5.88 Å². The molecule has 0 radical (unpaired) electrons. The number of aromatic nitrogens is 4. The van der Waals surface area contributed by atoms with Crippen LogP contribution in [0.25, 0.3) is 38.8 Å². The second-order valence-electron chi connectivity index (χ2n) is 9.43. The Morgan fingerprint density at radius 3 is 2.41 bits per heavy atom. The van der Waals surface area contributed by atoms with Crippen LogP contribution in [0.1, 0.15) is 5.56 Å². The molecule has 0 spiro atoms. The predicted octanol–water partition coefficient (Wildman–Crippen LogP) is 4.38. The van der Waals surface area contributed by atoms with Gasteiger partial charge in [0.2, 0.25) is 5.88 Å². The third-order valence-corrected chi connectivity index (χ3v) is 7.17. The number of benzene rings is 2. The Morgan fingerprint density at radius 1 is 0.949 bits per heavy atom. The van der Waals surface area contributed by atoms with E-state index < -0.39 is 17.4 Å². The number of fused-ring (bicyclic) bond motifs is 3. The lowest BCUT2D eigenvalue weighted by atomic mass is 10.0. The maximum Gasteiger partial charge on any atom is 0.418 e. The number of hydrogen-bond acceptors (Lipinski definition) is 6. The molecule has 8 nitrogen and oxygen atoms in total. The second-order valence-corrected chi connectivity index (χ2v) is 9.43. The minimum atomic E-state index is -4.68. The summed E-state index contributed by atoms with van der Waals surface area (Å²) in [5.41, 5.74) is 1.70. The van der Waals surface area contributed by atoms with Crippen LogP contribution < -0.4 is 20.6 Å². The van der Waals surface area contributed by atoms with Crippen molar-refractivity contribution < 1.29 is 17.9 Å². The van der Waals surface area contributed by atoms with E-state index in [4.69, 9.17) is 4.74 Å². The average molecular weight is 535 g/mol. The zero-order chi connectivity index (χ0) is 27.3. The highest BCUT2D eigenvalue weighted by Crippen LogP contribution is 2.38. The molecule has 0 atom stereocenters. The number of rotatable bonds is 4. The van der Waals surface area contributed by atoms with E-state index in [2.05, 4.69) is 15.3 Å². The van der Waals surface area contributed by atoms with Gasteiger partial charge in [-0.25, -0.2) is 9.78 Å². The minimum Gasteiger partial charge on any atom is -0.481 e. The highest BCUT2D eigenvalue weighted by Gasteiger charge is 2.36. The number of piperazine rings is 1. The van der Waals surface area contributed by atoms with Crippen LogP contribution in [0.2, 0.25) is 0 Å². The molecule has 1 aliphatic heterocycles. The van der Waals surface area contributed by atoms with E-state index in [1.54, 1.807) is 24.4 Å². The summed E-state index contributed by atoms with van der Waals surface area (Å²) in [5, 5.41) is 3.76. The van der Waals surface area contributed by atoms with Crippen molar-refractivity contribution in [1.29, 1.82) is 0 Å². The molecule has 1 saturated heterocycles. The summed E-state index contributed by atoms with van der Waals surface area (Å²) < 4.78 is 51.1. The molecule has 3 aromatic heterocycles. The van der Waals surface area contributed by atoms with Crippen LogP contribution in [0.15, 0.2) is 65.7 Å². The van der Waals surface area contributed by atoms with Crippen molar-refractivity contribution in [2.45, 2.75) is 6.18 Å². The zero-order valence-corrected chi connectivity index (χ0v) is 21.3. The number of halogens is 3. The standard InChI is InChI=1S/C28H25F3N6O2/c1-35-24-16-33-22-6-3-17(18-4-8-25(39-2)34-15-18)13-20(22)26(24)37(27(35)38)23-7-5-19(14-21(23)28(29,30)31)36-11-9-32-10-12-36/h3-8,13-16,32H,9-12H2,1-2H3.